The third-order valence-electron chi connectivity index (χ3n) is 5.12. The van der Waals surface area contributed by atoms with E-state index in [4.69, 9.17) is 0 Å². The number of rotatable bonds is 9. The van der Waals surface area contributed by atoms with E-state index in [0.29, 0.717) is 17.7 Å². The van der Waals surface area contributed by atoms with Gasteiger partial charge in [0.15, 0.2) is 0 Å². The lowest BCUT2D eigenvalue weighted by Gasteiger charge is -2.34. The summed E-state index contributed by atoms with van der Waals surface area (Å²) in [6.45, 7) is 8.69. The van der Waals surface area contributed by atoms with Crippen LogP contribution in [0.4, 0.5) is 10.1 Å². The molecule has 2 aromatic rings. The minimum absolute atomic E-state index is 0.0284. The normalized spacial score (nSPS) is 12.7. The van der Waals surface area contributed by atoms with Crippen molar-refractivity contribution < 1.29 is 22.4 Å². The zero-order valence-corrected chi connectivity index (χ0v) is 21.4. The summed E-state index contributed by atoms with van der Waals surface area (Å²) in [6, 6.07) is 11.7. The summed E-state index contributed by atoms with van der Waals surface area (Å²) in [5.74, 6) is -1.29. The molecule has 0 unspecified atom stereocenters. The molecule has 2 aromatic carbocycles. The van der Waals surface area contributed by atoms with Gasteiger partial charge in [-0.1, -0.05) is 31.2 Å². The first kappa shape index (κ1) is 27.3. The Balaban J connectivity index is 2.45. The van der Waals surface area contributed by atoms with Crippen molar-refractivity contribution in [3.05, 3.63) is 65.5 Å². The van der Waals surface area contributed by atoms with Crippen molar-refractivity contribution in [2.24, 2.45) is 0 Å². The second-order valence-corrected chi connectivity index (χ2v) is 11.3. The van der Waals surface area contributed by atoms with E-state index in [1.54, 1.807) is 37.3 Å². The first-order valence-electron chi connectivity index (χ1n) is 11.1. The van der Waals surface area contributed by atoms with Gasteiger partial charge < -0.3 is 10.2 Å². The van der Waals surface area contributed by atoms with Crippen molar-refractivity contribution in [2.75, 3.05) is 17.1 Å². The molecular formula is C25H34FN3O4S. The number of amides is 2. The van der Waals surface area contributed by atoms with Gasteiger partial charge in [-0.3, -0.25) is 13.9 Å². The number of halogens is 1. The molecule has 0 radical (unpaired) electrons. The molecule has 2 rings (SSSR count). The summed E-state index contributed by atoms with van der Waals surface area (Å²) in [5.41, 5.74) is 1.32. The zero-order chi connectivity index (χ0) is 25.7. The van der Waals surface area contributed by atoms with Gasteiger partial charge >= 0.3 is 0 Å². The van der Waals surface area contributed by atoms with E-state index in [9.17, 15) is 22.4 Å². The molecule has 2 amide bonds. The zero-order valence-electron chi connectivity index (χ0n) is 20.6. The third kappa shape index (κ3) is 7.83. The number of benzene rings is 2. The van der Waals surface area contributed by atoms with Crippen LogP contribution in [0.25, 0.3) is 0 Å². The molecule has 1 N–H and O–H groups in total. The molecule has 0 saturated carbocycles. The monoisotopic (exact) mass is 491 g/mol. The van der Waals surface area contributed by atoms with Gasteiger partial charge in [0.1, 0.15) is 18.4 Å². The number of nitrogens with zero attached hydrogens (tertiary/aromatic N) is 2. The molecule has 0 aromatic heterocycles. The summed E-state index contributed by atoms with van der Waals surface area (Å²) in [6.07, 6.45) is 1.36. The Kier molecular flexibility index (Phi) is 8.83. The molecular weight excluding hydrogens is 457 g/mol. The standard InChI is InChI=1S/C25H34FN3O4S/c1-7-22(24(31)27-25(3,4)5)28(16-19-11-13-20(26)14-12-19)23(30)17-29(34(6,32)33)21-10-8-9-18(2)15-21/h8-15,22H,7,16-17H2,1-6H3,(H,27,31)/t22-/m1/s1. The highest BCUT2D eigenvalue weighted by molar-refractivity contribution is 7.92. The van der Waals surface area contributed by atoms with E-state index in [-0.39, 0.29) is 12.5 Å². The minimum Gasteiger partial charge on any atom is -0.350 e. The van der Waals surface area contributed by atoms with Crippen LogP contribution >= 0.6 is 0 Å². The SMILES string of the molecule is CC[C@H](C(=O)NC(C)(C)C)N(Cc1ccc(F)cc1)C(=O)CN(c1cccc(C)c1)S(C)(=O)=O. The summed E-state index contributed by atoms with van der Waals surface area (Å²) < 4.78 is 39.6. The second-order valence-electron chi connectivity index (χ2n) is 9.42. The van der Waals surface area contributed by atoms with Gasteiger partial charge in [0.2, 0.25) is 21.8 Å². The highest BCUT2D eigenvalue weighted by Crippen LogP contribution is 2.21. The summed E-state index contributed by atoms with van der Waals surface area (Å²) >= 11 is 0. The Labute approximate surface area is 202 Å². The Morgan fingerprint density at radius 1 is 1.09 bits per heavy atom. The molecule has 1 atom stereocenters. The van der Waals surface area contributed by atoms with Crippen LogP contribution in [0.15, 0.2) is 48.5 Å². The first-order valence-corrected chi connectivity index (χ1v) is 13.0. The van der Waals surface area contributed by atoms with Gasteiger partial charge in [0, 0.05) is 12.1 Å². The van der Waals surface area contributed by atoms with Crippen molar-refractivity contribution in [2.45, 2.75) is 59.2 Å². The Hall–Kier alpha value is -2.94. The van der Waals surface area contributed by atoms with Gasteiger partial charge in [-0.05, 0) is 69.5 Å². The van der Waals surface area contributed by atoms with Gasteiger partial charge in [-0.25, -0.2) is 12.8 Å². The Bertz CT molecular complexity index is 1110. The van der Waals surface area contributed by atoms with Crippen molar-refractivity contribution >= 4 is 27.5 Å². The maximum absolute atomic E-state index is 13.6. The largest absolute Gasteiger partial charge is 0.350 e. The Morgan fingerprint density at radius 3 is 2.21 bits per heavy atom. The molecule has 186 valence electrons. The van der Waals surface area contributed by atoms with E-state index < -0.39 is 39.9 Å². The highest BCUT2D eigenvalue weighted by Gasteiger charge is 2.33. The highest BCUT2D eigenvalue weighted by atomic mass is 32.2. The molecule has 0 spiro atoms. The van der Waals surface area contributed by atoms with Crippen molar-refractivity contribution in [1.29, 1.82) is 0 Å². The predicted octanol–water partition coefficient (Wildman–Crippen LogP) is 3.62. The number of nitrogens with one attached hydrogen (secondary N) is 1. The number of sulfonamides is 1. The van der Waals surface area contributed by atoms with Crippen molar-refractivity contribution in [3.8, 4) is 0 Å². The lowest BCUT2D eigenvalue weighted by atomic mass is 10.1. The molecule has 0 aliphatic heterocycles. The summed E-state index contributed by atoms with van der Waals surface area (Å²) in [7, 11) is -3.79. The fourth-order valence-electron chi connectivity index (χ4n) is 3.56. The Morgan fingerprint density at radius 2 is 1.71 bits per heavy atom. The molecule has 0 heterocycles. The average molecular weight is 492 g/mol. The van der Waals surface area contributed by atoms with Crippen LogP contribution < -0.4 is 9.62 Å². The number of aryl methyl sites for hydroxylation is 1. The van der Waals surface area contributed by atoms with Crippen LogP contribution in [0, 0.1) is 12.7 Å². The molecule has 0 aliphatic carbocycles. The maximum atomic E-state index is 13.6. The molecule has 0 fully saturated rings. The molecule has 7 nitrogen and oxygen atoms in total. The quantitative estimate of drug-likeness (QED) is 0.581. The second kappa shape index (κ2) is 11.0. The maximum Gasteiger partial charge on any atom is 0.244 e. The van der Waals surface area contributed by atoms with Crippen molar-refractivity contribution in [1.82, 2.24) is 10.2 Å². The fraction of sp³-hybridized carbons (Fsp3) is 0.440. The molecule has 0 saturated heterocycles. The lowest BCUT2D eigenvalue weighted by molar-refractivity contribution is -0.141. The number of anilines is 1. The van der Waals surface area contributed by atoms with Crippen molar-refractivity contribution in [3.63, 3.8) is 0 Å². The minimum atomic E-state index is -3.79. The molecule has 9 heteroatoms. The van der Waals surface area contributed by atoms with E-state index in [1.807, 2.05) is 33.8 Å². The smallest absolute Gasteiger partial charge is 0.244 e. The number of hydrogen-bond donors (Lipinski definition) is 1. The van der Waals surface area contributed by atoms with Crippen LogP contribution in [0.1, 0.15) is 45.2 Å². The molecule has 34 heavy (non-hydrogen) atoms. The first-order chi connectivity index (χ1) is 15.7. The van der Waals surface area contributed by atoms with E-state index in [2.05, 4.69) is 5.32 Å². The number of hydrogen-bond acceptors (Lipinski definition) is 4. The lowest BCUT2D eigenvalue weighted by Crippen LogP contribution is -2.55. The summed E-state index contributed by atoms with van der Waals surface area (Å²) in [5, 5.41) is 2.90. The van der Waals surface area contributed by atoms with Crippen LogP contribution in [0.5, 0.6) is 0 Å². The topological polar surface area (TPSA) is 86.8 Å². The average Bonchev–Trinajstić information content (AvgIpc) is 2.71. The predicted molar refractivity (Wildman–Crippen MR) is 132 cm³/mol. The molecule has 0 aliphatic rings. The van der Waals surface area contributed by atoms with E-state index >= 15 is 0 Å². The third-order valence-corrected chi connectivity index (χ3v) is 6.26. The van der Waals surface area contributed by atoms with Crippen LogP contribution in [-0.4, -0.2) is 49.5 Å². The molecule has 0 bridgehead atoms. The van der Waals surface area contributed by atoms with E-state index in [1.165, 1.54) is 17.0 Å². The number of carbonyl (C=O) groups is 2. The van der Waals surface area contributed by atoms with E-state index in [0.717, 1.165) is 16.1 Å². The van der Waals surface area contributed by atoms with Crippen LogP contribution in [0.3, 0.4) is 0 Å². The van der Waals surface area contributed by atoms with Gasteiger partial charge in [-0.2, -0.15) is 0 Å². The van der Waals surface area contributed by atoms with Gasteiger partial charge in [0.05, 0.1) is 11.9 Å². The summed E-state index contributed by atoms with van der Waals surface area (Å²) in [4.78, 5) is 28.0. The van der Waals surface area contributed by atoms with Crippen LogP contribution in [-0.2, 0) is 26.2 Å². The van der Waals surface area contributed by atoms with Crippen LogP contribution in [0.2, 0.25) is 0 Å². The van der Waals surface area contributed by atoms with Gasteiger partial charge in [0.25, 0.3) is 0 Å². The van der Waals surface area contributed by atoms with Gasteiger partial charge in [-0.15, -0.1) is 0 Å². The number of carbonyl (C=O) groups excluding carboxylic acids is 2. The fourth-order valence-corrected chi connectivity index (χ4v) is 4.40.